The van der Waals surface area contributed by atoms with E-state index in [4.69, 9.17) is 18.9 Å². The van der Waals surface area contributed by atoms with Gasteiger partial charge in [-0.2, -0.15) is 0 Å². The Morgan fingerprint density at radius 1 is 0.658 bits per heavy atom. The minimum Gasteiger partial charge on any atom is -0.464 e. The number of rotatable bonds is 13. The quantitative estimate of drug-likeness (QED) is 0.196. The number of likely N-dealkylation sites (N-methyl/N-ethyl adjacent to an activating group) is 2. The first kappa shape index (κ1) is 32.0. The van der Waals surface area contributed by atoms with Crippen LogP contribution in [-0.4, -0.2) is 96.4 Å². The van der Waals surface area contributed by atoms with Gasteiger partial charge in [-0.15, -0.1) is 0 Å². The molecule has 2 fully saturated rings. The third-order valence-electron chi connectivity index (χ3n) is 8.42. The van der Waals surface area contributed by atoms with Crippen molar-refractivity contribution in [2.45, 2.75) is 115 Å². The molecule has 0 amide bonds. The summed E-state index contributed by atoms with van der Waals surface area (Å²) < 4.78 is 21.6. The van der Waals surface area contributed by atoms with Gasteiger partial charge >= 0.3 is 23.9 Å². The molecule has 0 N–H and O–H groups in total. The van der Waals surface area contributed by atoms with Crippen molar-refractivity contribution in [3.05, 3.63) is 0 Å². The highest BCUT2D eigenvalue weighted by Gasteiger charge is 2.50. The van der Waals surface area contributed by atoms with Crippen molar-refractivity contribution in [2.75, 3.05) is 40.5 Å². The molecule has 0 aromatic carbocycles. The monoisotopic (exact) mass is 540 g/mol. The lowest BCUT2D eigenvalue weighted by Gasteiger charge is -2.49. The first-order valence-corrected chi connectivity index (χ1v) is 13.7. The molecule has 2 rings (SSSR count). The molecule has 0 aromatic rings. The third-order valence-corrected chi connectivity index (χ3v) is 8.42. The lowest BCUT2D eigenvalue weighted by Crippen LogP contribution is -2.67. The molecule has 38 heavy (non-hydrogen) atoms. The van der Waals surface area contributed by atoms with Crippen LogP contribution in [0, 0.1) is 0 Å². The largest absolute Gasteiger partial charge is 0.464 e. The first-order chi connectivity index (χ1) is 17.6. The maximum atomic E-state index is 12.2. The van der Waals surface area contributed by atoms with E-state index >= 15 is 0 Å². The Morgan fingerprint density at radius 2 is 0.974 bits per heavy atom. The van der Waals surface area contributed by atoms with E-state index in [1.807, 2.05) is 37.7 Å². The standard InChI is InChI=1S/C28H48N2O8/c1-25(2)23(33)37-19-27(5,29(25)7)17-35-21(31)15-13-11-9-10-12-14-16-22(32)36-18-28(6)20-38-24(34)26(3,4)30(28)8/h9-20H2,1-8H3. The van der Waals surface area contributed by atoms with Gasteiger partial charge in [0, 0.05) is 12.8 Å². The fraction of sp³-hybridized carbons (Fsp3) is 0.857. The third kappa shape index (κ3) is 7.68. The summed E-state index contributed by atoms with van der Waals surface area (Å²) in [5.41, 5.74) is -2.65. The topological polar surface area (TPSA) is 112 Å². The van der Waals surface area contributed by atoms with E-state index in [1.54, 1.807) is 27.7 Å². The molecule has 0 spiro atoms. The Morgan fingerprint density at radius 3 is 1.32 bits per heavy atom. The molecule has 2 aliphatic heterocycles. The Hall–Kier alpha value is -2.20. The number of carbonyl (C=O) groups excluding carboxylic acids is 4. The molecule has 2 unspecified atom stereocenters. The average molecular weight is 541 g/mol. The normalized spacial score (nSPS) is 27.4. The van der Waals surface area contributed by atoms with E-state index in [0.717, 1.165) is 38.5 Å². The smallest absolute Gasteiger partial charge is 0.326 e. The van der Waals surface area contributed by atoms with Crippen LogP contribution in [0.4, 0.5) is 0 Å². The van der Waals surface area contributed by atoms with Gasteiger partial charge in [0.2, 0.25) is 0 Å². The van der Waals surface area contributed by atoms with Gasteiger partial charge in [-0.25, -0.2) is 0 Å². The fourth-order valence-electron chi connectivity index (χ4n) is 4.75. The summed E-state index contributed by atoms with van der Waals surface area (Å²) >= 11 is 0. The molecule has 10 heteroatoms. The van der Waals surface area contributed by atoms with E-state index in [0.29, 0.717) is 12.8 Å². The van der Waals surface area contributed by atoms with Crippen LogP contribution in [-0.2, 0) is 38.1 Å². The Balaban J connectivity index is 1.53. The molecule has 0 aliphatic carbocycles. The molecular weight excluding hydrogens is 492 g/mol. The number of unbranched alkanes of at least 4 members (excludes halogenated alkanes) is 5. The minimum absolute atomic E-state index is 0.174. The number of cyclic esters (lactones) is 2. The van der Waals surface area contributed by atoms with Crippen LogP contribution in [0.15, 0.2) is 0 Å². The molecule has 0 aromatic heterocycles. The number of hydrogen-bond acceptors (Lipinski definition) is 10. The van der Waals surface area contributed by atoms with Crippen LogP contribution in [0.5, 0.6) is 0 Å². The highest BCUT2D eigenvalue weighted by molar-refractivity contribution is 5.81. The van der Waals surface area contributed by atoms with E-state index in [9.17, 15) is 19.2 Å². The SMILES string of the molecule is CN1C(C)(COC(=O)CCCCCCCCC(=O)OCC2(C)COC(=O)C(C)(C)N2C)COC(=O)C1(C)C. The molecular formula is C28H48N2O8. The van der Waals surface area contributed by atoms with Crippen LogP contribution in [0.2, 0.25) is 0 Å². The van der Waals surface area contributed by atoms with Gasteiger partial charge in [0.15, 0.2) is 0 Å². The molecule has 0 saturated carbocycles. The van der Waals surface area contributed by atoms with Gasteiger partial charge in [0.25, 0.3) is 0 Å². The van der Waals surface area contributed by atoms with Crippen molar-refractivity contribution >= 4 is 23.9 Å². The van der Waals surface area contributed by atoms with Gasteiger partial charge in [0.1, 0.15) is 37.5 Å². The Bertz CT molecular complexity index is 803. The predicted molar refractivity (Wildman–Crippen MR) is 141 cm³/mol. The first-order valence-electron chi connectivity index (χ1n) is 13.7. The summed E-state index contributed by atoms with van der Waals surface area (Å²) in [6.45, 7) is 11.8. The van der Waals surface area contributed by atoms with Crippen molar-refractivity contribution in [1.29, 1.82) is 0 Å². The van der Waals surface area contributed by atoms with Gasteiger partial charge in [-0.3, -0.25) is 29.0 Å². The number of carbonyl (C=O) groups is 4. The number of nitrogens with zero attached hydrogens (tertiary/aromatic N) is 2. The highest BCUT2D eigenvalue weighted by Crippen LogP contribution is 2.31. The zero-order valence-corrected chi connectivity index (χ0v) is 24.6. The molecule has 2 atom stereocenters. The minimum atomic E-state index is -0.770. The predicted octanol–water partition coefficient (Wildman–Crippen LogP) is 3.25. The van der Waals surface area contributed by atoms with Gasteiger partial charge in [-0.1, -0.05) is 25.7 Å². The van der Waals surface area contributed by atoms with Crippen LogP contribution in [0.25, 0.3) is 0 Å². The van der Waals surface area contributed by atoms with Crippen molar-refractivity contribution in [2.24, 2.45) is 0 Å². The van der Waals surface area contributed by atoms with Crippen LogP contribution < -0.4 is 0 Å². The van der Waals surface area contributed by atoms with Gasteiger partial charge < -0.3 is 18.9 Å². The second kappa shape index (κ2) is 12.8. The van der Waals surface area contributed by atoms with Crippen LogP contribution in [0.3, 0.4) is 0 Å². The maximum absolute atomic E-state index is 12.2. The van der Waals surface area contributed by atoms with Crippen molar-refractivity contribution < 1.29 is 38.1 Å². The number of hydrogen-bond donors (Lipinski definition) is 0. The van der Waals surface area contributed by atoms with Crippen molar-refractivity contribution in [3.8, 4) is 0 Å². The zero-order chi connectivity index (χ0) is 28.8. The molecule has 10 nitrogen and oxygen atoms in total. The fourth-order valence-corrected chi connectivity index (χ4v) is 4.75. The average Bonchev–Trinajstić information content (AvgIpc) is 2.86. The summed E-state index contributed by atoms with van der Waals surface area (Å²) in [5.74, 6) is -1.04. The number of esters is 4. The Labute approximate surface area is 227 Å². The van der Waals surface area contributed by atoms with Crippen molar-refractivity contribution in [3.63, 3.8) is 0 Å². The summed E-state index contributed by atoms with van der Waals surface area (Å²) in [4.78, 5) is 52.2. The van der Waals surface area contributed by atoms with E-state index in [-0.39, 0.29) is 50.3 Å². The van der Waals surface area contributed by atoms with Gasteiger partial charge in [0.05, 0.1) is 11.1 Å². The molecule has 2 heterocycles. The van der Waals surface area contributed by atoms with E-state index in [1.165, 1.54) is 0 Å². The summed E-state index contributed by atoms with van der Waals surface area (Å²) in [6, 6.07) is 0. The van der Waals surface area contributed by atoms with E-state index in [2.05, 4.69) is 0 Å². The summed E-state index contributed by atoms with van der Waals surface area (Å²) in [5, 5.41) is 0. The Kier molecular flexibility index (Phi) is 10.8. The number of ether oxygens (including phenoxy) is 4. The molecule has 2 saturated heterocycles. The molecule has 0 bridgehead atoms. The highest BCUT2D eigenvalue weighted by atomic mass is 16.6. The maximum Gasteiger partial charge on any atom is 0.326 e. The zero-order valence-electron chi connectivity index (χ0n) is 24.6. The lowest BCUT2D eigenvalue weighted by atomic mass is 9.91. The number of morpholine rings is 2. The molecule has 2 aliphatic rings. The van der Waals surface area contributed by atoms with Crippen molar-refractivity contribution in [1.82, 2.24) is 9.80 Å². The lowest BCUT2D eigenvalue weighted by molar-refractivity contribution is -0.187. The molecule has 218 valence electrons. The van der Waals surface area contributed by atoms with E-state index < -0.39 is 22.2 Å². The van der Waals surface area contributed by atoms with Crippen LogP contribution in [0.1, 0.15) is 92.9 Å². The second-order valence-electron chi connectivity index (χ2n) is 12.3. The summed E-state index contributed by atoms with van der Waals surface area (Å²) in [6.07, 6.45) is 6.01. The molecule has 0 radical (unpaired) electrons. The summed E-state index contributed by atoms with van der Waals surface area (Å²) in [7, 11) is 3.70. The van der Waals surface area contributed by atoms with Crippen LogP contribution >= 0.6 is 0 Å². The second-order valence-corrected chi connectivity index (χ2v) is 12.3. The van der Waals surface area contributed by atoms with Gasteiger partial charge in [-0.05, 0) is 68.5 Å².